The first-order valence-electron chi connectivity index (χ1n) is 7.40. The van der Waals surface area contributed by atoms with Crippen LogP contribution in [0.5, 0.6) is 5.75 Å². The van der Waals surface area contributed by atoms with Crippen LogP contribution in [0.1, 0.15) is 39.0 Å². The van der Waals surface area contributed by atoms with Gasteiger partial charge in [-0.2, -0.15) is 0 Å². The van der Waals surface area contributed by atoms with E-state index in [4.69, 9.17) is 21.1 Å². The molecule has 0 spiro atoms. The third-order valence-corrected chi connectivity index (χ3v) is 4.20. The molecule has 2 rings (SSSR count). The highest BCUT2D eigenvalue weighted by Crippen LogP contribution is 2.34. The maximum Gasteiger partial charge on any atom is 0.256 e. The normalized spacial score (nSPS) is 17.3. The van der Waals surface area contributed by atoms with E-state index < -0.39 is 5.60 Å². The molecule has 0 atom stereocenters. The highest BCUT2D eigenvalue weighted by Gasteiger charge is 2.40. The molecule has 0 bridgehead atoms. The van der Waals surface area contributed by atoms with Gasteiger partial charge in [0.05, 0.1) is 12.1 Å². The predicted molar refractivity (Wildman–Crippen MR) is 84.1 cm³/mol. The van der Waals surface area contributed by atoms with Crippen molar-refractivity contribution in [3.05, 3.63) is 23.2 Å². The third kappa shape index (κ3) is 3.69. The lowest BCUT2D eigenvalue weighted by Gasteiger charge is -2.35. The quantitative estimate of drug-likeness (QED) is 0.893. The van der Waals surface area contributed by atoms with Crippen molar-refractivity contribution in [1.29, 1.82) is 0 Å². The molecule has 1 aromatic carbocycles. The van der Waals surface area contributed by atoms with Gasteiger partial charge in [-0.3, -0.25) is 4.79 Å². The molecule has 1 aliphatic rings. The molecule has 0 heterocycles. The Morgan fingerprint density at radius 2 is 2.05 bits per heavy atom. The number of amides is 1. The van der Waals surface area contributed by atoms with Crippen LogP contribution in [0.4, 0.5) is 5.69 Å². The van der Waals surface area contributed by atoms with E-state index in [-0.39, 0.29) is 5.91 Å². The summed E-state index contributed by atoms with van der Waals surface area (Å²) in [4.78, 5) is 12.6. The summed E-state index contributed by atoms with van der Waals surface area (Å²) in [6.07, 6.45) is 4.76. The fourth-order valence-electron chi connectivity index (χ4n) is 2.83. The van der Waals surface area contributed by atoms with Crippen molar-refractivity contribution in [2.75, 3.05) is 19.0 Å². The van der Waals surface area contributed by atoms with E-state index in [2.05, 4.69) is 5.32 Å². The van der Waals surface area contributed by atoms with Crippen LogP contribution in [-0.2, 0) is 9.53 Å². The van der Waals surface area contributed by atoms with Gasteiger partial charge >= 0.3 is 0 Å². The molecule has 4 nitrogen and oxygen atoms in total. The van der Waals surface area contributed by atoms with E-state index >= 15 is 0 Å². The van der Waals surface area contributed by atoms with Crippen LogP contribution < -0.4 is 10.1 Å². The zero-order valence-electron chi connectivity index (χ0n) is 12.6. The molecule has 1 N–H and O–H groups in total. The van der Waals surface area contributed by atoms with Crippen molar-refractivity contribution in [2.45, 2.75) is 44.6 Å². The maximum atomic E-state index is 12.6. The van der Waals surface area contributed by atoms with Crippen LogP contribution in [0.25, 0.3) is 0 Å². The highest BCUT2D eigenvalue weighted by molar-refractivity contribution is 6.32. The number of hydrogen-bond acceptors (Lipinski definition) is 3. The van der Waals surface area contributed by atoms with E-state index in [9.17, 15) is 4.79 Å². The second kappa shape index (κ2) is 7.14. The van der Waals surface area contributed by atoms with Crippen LogP contribution in [0, 0.1) is 0 Å². The summed E-state index contributed by atoms with van der Waals surface area (Å²) < 4.78 is 10.9. The Bertz CT molecular complexity index is 493. The van der Waals surface area contributed by atoms with Gasteiger partial charge in [-0.15, -0.1) is 0 Å². The van der Waals surface area contributed by atoms with Crippen LogP contribution in [-0.4, -0.2) is 25.2 Å². The molecule has 116 valence electrons. The van der Waals surface area contributed by atoms with Crippen molar-refractivity contribution in [2.24, 2.45) is 0 Å². The van der Waals surface area contributed by atoms with Crippen LogP contribution in [0.2, 0.25) is 5.02 Å². The lowest BCUT2D eigenvalue weighted by atomic mass is 9.83. The van der Waals surface area contributed by atoms with E-state index in [1.54, 1.807) is 25.3 Å². The molecule has 0 saturated heterocycles. The van der Waals surface area contributed by atoms with Crippen molar-refractivity contribution in [1.82, 2.24) is 0 Å². The summed E-state index contributed by atoms with van der Waals surface area (Å²) in [6, 6.07) is 5.22. The predicted octanol–water partition coefficient (Wildman–Crippen LogP) is 4.03. The zero-order chi connectivity index (χ0) is 15.3. The Morgan fingerprint density at radius 1 is 1.33 bits per heavy atom. The van der Waals surface area contributed by atoms with Crippen molar-refractivity contribution >= 4 is 23.2 Å². The number of nitrogens with one attached hydrogen (secondary N) is 1. The van der Waals surface area contributed by atoms with Gasteiger partial charge in [-0.25, -0.2) is 0 Å². The minimum absolute atomic E-state index is 0.0784. The lowest BCUT2D eigenvalue weighted by Crippen LogP contribution is -2.47. The third-order valence-electron chi connectivity index (χ3n) is 3.91. The first-order chi connectivity index (χ1) is 10.1. The lowest BCUT2D eigenvalue weighted by molar-refractivity contribution is -0.145. The summed E-state index contributed by atoms with van der Waals surface area (Å²) in [5.41, 5.74) is -0.0326. The Morgan fingerprint density at radius 3 is 2.62 bits per heavy atom. The standard InChI is InChI=1S/C16H22ClNO3/c1-3-21-16(9-5-4-6-10-16)15(19)18-12-7-8-14(20-2)13(17)11-12/h7-8,11H,3-6,9-10H2,1-2H3,(H,18,19). The Hall–Kier alpha value is -1.26. The largest absolute Gasteiger partial charge is 0.495 e. The molecule has 1 aromatic rings. The van der Waals surface area contributed by atoms with E-state index in [1.807, 2.05) is 6.92 Å². The molecule has 0 aromatic heterocycles. The Kier molecular flexibility index (Phi) is 5.48. The summed E-state index contributed by atoms with van der Waals surface area (Å²) in [7, 11) is 1.56. The first kappa shape index (κ1) is 16.1. The van der Waals surface area contributed by atoms with E-state index in [1.165, 1.54) is 0 Å². The molecular weight excluding hydrogens is 290 g/mol. The number of hydrogen-bond donors (Lipinski definition) is 1. The maximum absolute atomic E-state index is 12.6. The zero-order valence-corrected chi connectivity index (χ0v) is 13.3. The van der Waals surface area contributed by atoms with Gasteiger partial charge in [0.15, 0.2) is 0 Å². The minimum atomic E-state index is -0.695. The number of halogens is 1. The molecule has 1 fully saturated rings. The summed E-state index contributed by atoms with van der Waals surface area (Å²) in [5.74, 6) is 0.511. The molecule has 0 unspecified atom stereocenters. The van der Waals surface area contributed by atoms with Crippen molar-refractivity contribution in [3.8, 4) is 5.75 Å². The fourth-order valence-corrected chi connectivity index (χ4v) is 3.08. The van der Waals surface area contributed by atoms with Gasteiger partial charge in [0.1, 0.15) is 11.4 Å². The Balaban J connectivity index is 2.13. The monoisotopic (exact) mass is 311 g/mol. The van der Waals surface area contributed by atoms with Gasteiger partial charge < -0.3 is 14.8 Å². The average molecular weight is 312 g/mol. The number of methoxy groups -OCH3 is 1. The Labute approximate surface area is 130 Å². The number of rotatable bonds is 5. The second-order valence-corrected chi connectivity index (χ2v) is 5.70. The van der Waals surface area contributed by atoms with Crippen LogP contribution in [0.15, 0.2) is 18.2 Å². The molecule has 0 aliphatic heterocycles. The van der Waals surface area contributed by atoms with E-state index in [0.29, 0.717) is 23.1 Å². The molecule has 5 heteroatoms. The molecular formula is C16H22ClNO3. The molecule has 1 saturated carbocycles. The summed E-state index contributed by atoms with van der Waals surface area (Å²) >= 11 is 6.09. The van der Waals surface area contributed by atoms with Gasteiger partial charge in [0, 0.05) is 12.3 Å². The van der Waals surface area contributed by atoms with Gasteiger partial charge in [0.25, 0.3) is 5.91 Å². The highest BCUT2D eigenvalue weighted by atomic mass is 35.5. The second-order valence-electron chi connectivity index (χ2n) is 5.29. The SMILES string of the molecule is CCOC1(C(=O)Nc2ccc(OC)c(Cl)c2)CCCCC1. The molecule has 1 aliphatic carbocycles. The number of benzene rings is 1. The molecule has 0 radical (unpaired) electrons. The topological polar surface area (TPSA) is 47.6 Å². The summed E-state index contributed by atoms with van der Waals surface area (Å²) in [5, 5.41) is 3.40. The van der Waals surface area contributed by atoms with Crippen molar-refractivity contribution < 1.29 is 14.3 Å². The van der Waals surface area contributed by atoms with Crippen LogP contribution in [0.3, 0.4) is 0 Å². The fraction of sp³-hybridized carbons (Fsp3) is 0.562. The minimum Gasteiger partial charge on any atom is -0.495 e. The number of ether oxygens (including phenoxy) is 2. The number of carbonyl (C=O) groups excluding carboxylic acids is 1. The summed E-state index contributed by atoms with van der Waals surface area (Å²) in [6.45, 7) is 2.46. The smallest absolute Gasteiger partial charge is 0.256 e. The van der Waals surface area contributed by atoms with E-state index in [0.717, 1.165) is 32.1 Å². The van der Waals surface area contributed by atoms with Gasteiger partial charge in [-0.1, -0.05) is 30.9 Å². The van der Waals surface area contributed by atoms with Crippen molar-refractivity contribution in [3.63, 3.8) is 0 Å². The molecule has 21 heavy (non-hydrogen) atoms. The number of carbonyl (C=O) groups is 1. The average Bonchev–Trinajstić information content (AvgIpc) is 2.48. The first-order valence-corrected chi connectivity index (χ1v) is 7.78. The van der Waals surface area contributed by atoms with Gasteiger partial charge in [0.2, 0.25) is 0 Å². The van der Waals surface area contributed by atoms with Crippen LogP contribution >= 0.6 is 11.6 Å². The number of anilines is 1. The van der Waals surface area contributed by atoms with Gasteiger partial charge in [-0.05, 0) is 38.0 Å². The molecule has 1 amide bonds.